The second kappa shape index (κ2) is 8.38. The Kier molecular flexibility index (Phi) is 6.22. The van der Waals surface area contributed by atoms with Crippen LogP contribution in [-0.4, -0.2) is 18.5 Å². The normalized spacial score (nSPS) is 15.8. The molecular formula is C19H25N3O. The van der Waals surface area contributed by atoms with Crippen LogP contribution in [0, 0.1) is 18.3 Å². The van der Waals surface area contributed by atoms with Crippen molar-refractivity contribution in [3.05, 3.63) is 41.6 Å². The number of carbonyl (C=O) groups excluding carboxylic acids is 1. The summed E-state index contributed by atoms with van der Waals surface area (Å²) in [6, 6.07) is 10.3. The molecule has 0 aliphatic heterocycles. The minimum absolute atomic E-state index is 0.166. The fourth-order valence-corrected chi connectivity index (χ4v) is 2.96. The van der Waals surface area contributed by atoms with Gasteiger partial charge in [-0.1, -0.05) is 31.4 Å². The summed E-state index contributed by atoms with van der Waals surface area (Å²) in [6.45, 7) is 4.74. The van der Waals surface area contributed by atoms with Gasteiger partial charge in [-0.25, -0.2) is 0 Å². The van der Waals surface area contributed by atoms with E-state index in [1.54, 1.807) is 6.20 Å². The molecule has 1 aromatic rings. The highest BCUT2D eigenvalue weighted by molar-refractivity contribution is 5.97. The number of nitrogens with zero attached hydrogens (tertiary/aromatic N) is 2. The Hall–Kier alpha value is -2.28. The Bertz CT molecular complexity index is 609. The average Bonchev–Trinajstić information content (AvgIpc) is 2.56. The maximum Gasteiger partial charge on any atom is 0.263 e. The van der Waals surface area contributed by atoms with E-state index in [-0.39, 0.29) is 17.5 Å². The lowest BCUT2D eigenvalue weighted by Crippen LogP contribution is -2.37. The molecule has 0 saturated heterocycles. The van der Waals surface area contributed by atoms with Gasteiger partial charge in [-0.15, -0.1) is 0 Å². The van der Waals surface area contributed by atoms with Crippen LogP contribution in [0.4, 0.5) is 5.69 Å². The van der Waals surface area contributed by atoms with E-state index in [0.29, 0.717) is 6.54 Å². The monoisotopic (exact) mass is 311 g/mol. The van der Waals surface area contributed by atoms with Crippen LogP contribution in [0.15, 0.2) is 36.0 Å². The molecule has 2 rings (SSSR count). The van der Waals surface area contributed by atoms with Gasteiger partial charge in [0.1, 0.15) is 11.6 Å². The first-order valence-electron chi connectivity index (χ1n) is 8.40. The molecular weight excluding hydrogens is 286 g/mol. The number of nitriles is 1. The molecule has 0 heterocycles. The molecule has 23 heavy (non-hydrogen) atoms. The van der Waals surface area contributed by atoms with Crippen LogP contribution in [0.3, 0.4) is 0 Å². The summed E-state index contributed by atoms with van der Waals surface area (Å²) in [4.78, 5) is 14.3. The molecule has 1 aliphatic rings. The van der Waals surface area contributed by atoms with E-state index in [4.69, 9.17) is 0 Å². The van der Waals surface area contributed by atoms with Gasteiger partial charge in [-0.3, -0.25) is 4.79 Å². The number of carbonyl (C=O) groups is 1. The Morgan fingerprint density at radius 1 is 1.39 bits per heavy atom. The first-order valence-corrected chi connectivity index (χ1v) is 8.40. The molecule has 0 radical (unpaired) electrons. The number of anilines is 1. The summed E-state index contributed by atoms with van der Waals surface area (Å²) >= 11 is 0. The van der Waals surface area contributed by atoms with Gasteiger partial charge in [0, 0.05) is 24.5 Å². The van der Waals surface area contributed by atoms with Crippen molar-refractivity contribution < 1.29 is 4.79 Å². The van der Waals surface area contributed by atoms with Gasteiger partial charge < -0.3 is 10.2 Å². The Balaban J connectivity index is 2.12. The van der Waals surface area contributed by atoms with Crippen molar-refractivity contribution in [3.8, 4) is 6.07 Å². The number of aryl methyl sites for hydroxylation is 1. The third-order valence-corrected chi connectivity index (χ3v) is 4.26. The summed E-state index contributed by atoms with van der Waals surface area (Å²) in [5.41, 5.74) is 2.31. The molecule has 1 aliphatic carbocycles. The van der Waals surface area contributed by atoms with E-state index in [1.165, 1.54) is 6.42 Å². The average molecular weight is 311 g/mol. The van der Waals surface area contributed by atoms with Gasteiger partial charge in [-0.2, -0.15) is 5.26 Å². The van der Waals surface area contributed by atoms with Crippen molar-refractivity contribution in [2.24, 2.45) is 0 Å². The molecule has 0 unspecified atom stereocenters. The fraction of sp³-hybridized carbons (Fsp3) is 0.474. The lowest BCUT2D eigenvalue weighted by atomic mass is 9.95. The van der Waals surface area contributed by atoms with Gasteiger partial charge >= 0.3 is 0 Å². The largest absolute Gasteiger partial charge is 0.349 e. The molecule has 0 aromatic heterocycles. The minimum Gasteiger partial charge on any atom is -0.349 e. The lowest BCUT2D eigenvalue weighted by molar-refractivity contribution is -0.118. The van der Waals surface area contributed by atoms with E-state index in [1.807, 2.05) is 49.1 Å². The summed E-state index contributed by atoms with van der Waals surface area (Å²) in [5, 5.41) is 12.4. The molecule has 1 fully saturated rings. The smallest absolute Gasteiger partial charge is 0.263 e. The maximum absolute atomic E-state index is 12.4. The van der Waals surface area contributed by atoms with Crippen LogP contribution in [0.2, 0.25) is 0 Å². The topological polar surface area (TPSA) is 56.1 Å². The van der Waals surface area contributed by atoms with Gasteiger partial charge in [0.2, 0.25) is 0 Å². The van der Waals surface area contributed by atoms with Crippen LogP contribution < -0.4 is 10.2 Å². The second-order valence-electron chi connectivity index (χ2n) is 6.09. The number of amides is 1. The minimum atomic E-state index is -0.259. The maximum atomic E-state index is 12.4. The van der Waals surface area contributed by atoms with Crippen LogP contribution in [0.25, 0.3) is 0 Å². The molecule has 0 bridgehead atoms. The summed E-state index contributed by atoms with van der Waals surface area (Å²) in [6.07, 6.45) is 7.23. The molecule has 0 atom stereocenters. The lowest BCUT2D eigenvalue weighted by Gasteiger charge is -2.23. The molecule has 1 N–H and O–H groups in total. The van der Waals surface area contributed by atoms with Gasteiger partial charge in [0.25, 0.3) is 5.91 Å². The third kappa shape index (κ3) is 4.85. The summed E-state index contributed by atoms with van der Waals surface area (Å²) < 4.78 is 0. The van der Waals surface area contributed by atoms with E-state index in [0.717, 1.165) is 36.9 Å². The highest BCUT2D eigenvalue weighted by Crippen LogP contribution is 2.19. The van der Waals surface area contributed by atoms with Crippen molar-refractivity contribution in [2.75, 3.05) is 11.4 Å². The predicted molar refractivity (Wildman–Crippen MR) is 92.9 cm³/mol. The summed E-state index contributed by atoms with van der Waals surface area (Å²) in [5.74, 6) is -0.259. The number of benzene rings is 1. The number of nitrogens with one attached hydrogen (secondary N) is 1. The first kappa shape index (κ1) is 17.1. The van der Waals surface area contributed by atoms with Gasteiger partial charge in [0.15, 0.2) is 0 Å². The second-order valence-corrected chi connectivity index (χ2v) is 6.09. The third-order valence-electron chi connectivity index (χ3n) is 4.26. The van der Waals surface area contributed by atoms with Crippen molar-refractivity contribution in [1.82, 2.24) is 5.32 Å². The zero-order chi connectivity index (χ0) is 16.7. The highest BCUT2D eigenvalue weighted by atomic mass is 16.1. The molecule has 0 spiro atoms. The van der Waals surface area contributed by atoms with Gasteiger partial charge in [0.05, 0.1) is 0 Å². The van der Waals surface area contributed by atoms with Crippen molar-refractivity contribution >= 4 is 11.6 Å². The summed E-state index contributed by atoms with van der Waals surface area (Å²) in [7, 11) is 0. The Labute approximate surface area is 138 Å². The molecule has 1 saturated carbocycles. The highest BCUT2D eigenvalue weighted by Gasteiger charge is 2.18. The van der Waals surface area contributed by atoms with E-state index >= 15 is 0 Å². The van der Waals surface area contributed by atoms with E-state index < -0.39 is 0 Å². The van der Waals surface area contributed by atoms with Gasteiger partial charge in [-0.05, 0) is 44.4 Å². The number of hydrogen-bond acceptors (Lipinski definition) is 3. The predicted octanol–water partition coefficient (Wildman–Crippen LogP) is 3.68. The SMILES string of the molecule is CCN(/C=C(/C#N)C(=O)NC1CCCCC1)c1cccc(C)c1. The molecule has 4 heteroatoms. The van der Waals surface area contributed by atoms with E-state index in [2.05, 4.69) is 5.32 Å². The first-order chi connectivity index (χ1) is 11.1. The Morgan fingerprint density at radius 3 is 2.74 bits per heavy atom. The van der Waals surface area contributed by atoms with Crippen LogP contribution in [-0.2, 0) is 4.79 Å². The number of hydrogen-bond donors (Lipinski definition) is 1. The molecule has 4 nitrogen and oxygen atoms in total. The van der Waals surface area contributed by atoms with Crippen molar-refractivity contribution in [3.63, 3.8) is 0 Å². The Morgan fingerprint density at radius 2 is 2.13 bits per heavy atom. The van der Waals surface area contributed by atoms with Crippen molar-refractivity contribution in [2.45, 2.75) is 52.0 Å². The standard InChI is InChI=1S/C19H25N3O/c1-3-22(18-11-7-8-15(2)12-18)14-16(13-20)19(23)21-17-9-5-4-6-10-17/h7-8,11-12,14,17H,3-6,9-10H2,1-2H3,(H,21,23)/b16-14-. The zero-order valence-electron chi connectivity index (χ0n) is 14.0. The fourth-order valence-electron chi connectivity index (χ4n) is 2.96. The number of rotatable bonds is 5. The molecule has 1 aromatic carbocycles. The molecule has 1 amide bonds. The zero-order valence-corrected chi connectivity index (χ0v) is 14.0. The van der Waals surface area contributed by atoms with Crippen LogP contribution in [0.1, 0.15) is 44.6 Å². The van der Waals surface area contributed by atoms with Crippen molar-refractivity contribution in [1.29, 1.82) is 5.26 Å². The van der Waals surface area contributed by atoms with E-state index in [9.17, 15) is 10.1 Å². The van der Waals surface area contributed by atoms with Crippen LogP contribution in [0.5, 0.6) is 0 Å². The quantitative estimate of drug-likeness (QED) is 0.666. The molecule has 122 valence electrons. The van der Waals surface area contributed by atoms with Crippen LogP contribution >= 0.6 is 0 Å².